The Morgan fingerprint density at radius 2 is 1.14 bits per heavy atom. The summed E-state index contributed by atoms with van der Waals surface area (Å²) in [6, 6.07) is 25.2. The van der Waals surface area contributed by atoms with Crippen LogP contribution in [-0.4, -0.2) is 32.1 Å². The molecule has 0 saturated heterocycles. The largest absolute Gasteiger partial charge is 0.406 e. The number of halogens is 3. The highest BCUT2D eigenvalue weighted by Gasteiger charge is 2.48. The zero-order chi connectivity index (χ0) is 25.5. The number of rotatable bonds is 10. The molecule has 0 heterocycles. The lowest BCUT2D eigenvalue weighted by Crippen LogP contribution is -2.59. The number of alkyl halides is 3. The summed E-state index contributed by atoms with van der Waals surface area (Å²) in [7, 11) is -1.90. The van der Waals surface area contributed by atoms with Crippen molar-refractivity contribution < 1.29 is 17.4 Å². The third kappa shape index (κ3) is 8.30. The molecule has 188 valence electrons. The van der Waals surface area contributed by atoms with Gasteiger partial charge in [0, 0.05) is 19.1 Å². The van der Waals surface area contributed by atoms with Gasteiger partial charge in [-0.2, -0.15) is 13.2 Å². The molecule has 0 bridgehead atoms. The molecule has 3 aromatic rings. The number of hydrogen-bond donors (Lipinski definition) is 1. The molecule has 0 unspecified atom stereocenters. The Labute approximate surface area is 209 Å². The van der Waals surface area contributed by atoms with Crippen LogP contribution >= 0.6 is 0 Å². The molecular formula is C28H33F3N2OS. The SMILES string of the molecule is CC(C)(C)[S@@](=O)N[C@@H]([C@H](Cc1ccccc1)N(Cc1ccccc1)Cc1ccccc1)C(F)(F)F. The molecule has 3 atom stereocenters. The van der Waals surface area contributed by atoms with Gasteiger partial charge in [-0.25, -0.2) is 8.93 Å². The third-order valence-electron chi connectivity index (χ3n) is 5.74. The summed E-state index contributed by atoms with van der Waals surface area (Å²) in [5.74, 6) is 0. The van der Waals surface area contributed by atoms with E-state index in [-0.39, 0.29) is 6.42 Å². The third-order valence-corrected chi connectivity index (χ3v) is 7.32. The van der Waals surface area contributed by atoms with Crippen LogP contribution in [0.4, 0.5) is 13.2 Å². The molecule has 3 rings (SSSR count). The van der Waals surface area contributed by atoms with Gasteiger partial charge in [-0.3, -0.25) is 4.90 Å². The van der Waals surface area contributed by atoms with E-state index in [2.05, 4.69) is 4.72 Å². The number of nitrogens with one attached hydrogen (secondary N) is 1. The molecule has 1 N–H and O–H groups in total. The minimum atomic E-state index is -4.61. The smallest absolute Gasteiger partial charge is 0.290 e. The molecule has 0 radical (unpaired) electrons. The van der Waals surface area contributed by atoms with Gasteiger partial charge in [0.15, 0.2) is 0 Å². The van der Waals surface area contributed by atoms with Gasteiger partial charge in [0.1, 0.15) is 6.04 Å². The van der Waals surface area contributed by atoms with E-state index in [1.807, 2.05) is 95.9 Å². The molecule has 0 fully saturated rings. The van der Waals surface area contributed by atoms with E-state index < -0.39 is 34.0 Å². The Morgan fingerprint density at radius 3 is 1.51 bits per heavy atom. The molecule has 3 nitrogen and oxygen atoms in total. The first-order valence-corrected chi connectivity index (χ1v) is 12.8. The van der Waals surface area contributed by atoms with E-state index in [1.165, 1.54) is 0 Å². The summed E-state index contributed by atoms with van der Waals surface area (Å²) in [6.07, 6.45) is -4.45. The average molecular weight is 503 g/mol. The van der Waals surface area contributed by atoms with Crippen molar-refractivity contribution in [3.8, 4) is 0 Å². The Bertz CT molecular complexity index is 1010. The fourth-order valence-corrected chi connectivity index (χ4v) is 4.77. The Balaban J connectivity index is 2.07. The van der Waals surface area contributed by atoms with Crippen molar-refractivity contribution in [1.82, 2.24) is 9.62 Å². The molecule has 0 aromatic heterocycles. The summed E-state index contributed by atoms with van der Waals surface area (Å²) in [4.78, 5) is 1.85. The van der Waals surface area contributed by atoms with Crippen LogP contribution in [0.15, 0.2) is 91.0 Å². The van der Waals surface area contributed by atoms with Crippen LogP contribution in [0.5, 0.6) is 0 Å². The second-order valence-corrected chi connectivity index (χ2v) is 11.6. The van der Waals surface area contributed by atoms with Crippen LogP contribution in [0.25, 0.3) is 0 Å². The van der Waals surface area contributed by atoms with E-state index in [0.29, 0.717) is 13.1 Å². The van der Waals surface area contributed by atoms with Crippen molar-refractivity contribution in [2.75, 3.05) is 0 Å². The van der Waals surface area contributed by atoms with Gasteiger partial charge >= 0.3 is 6.18 Å². The van der Waals surface area contributed by atoms with Gasteiger partial charge in [-0.1, -0.05) is 91.0 Å². The maximum Gasteiger partial charge on any atom is 0.406 e. The van der Waals surface area contributed by atoms with Crippen LogP contribution in [-0.2, 0) is 30.5 Å². The molecule has 35 heavy (non-hydrogen) atoms. The quantitative estimate of drug-likeness (QED) is 0.354. The molecule has 0 amide bonds. The van der Waals surface area contributed by atoms with Crippen molar-refractivity contribution in [2.45, 2.75) is 63.3 Å². The standard InChI is InChI=1S/C28H33F3N2OS/c1-27(2,3)35(34)32-26(28(29,30)31)25(19-22-13-7-4-8-14-22)33(20-23-15-9-5-10-16-23)21-24-17-11-6-12-18-24/h4-18,25-26,32H,19-21H2,1-3H3/t25-,26-,35+/m0/s1. The molecular weight excluding hydrogens is 469 g/mol. The van der Waals surface area contributed by atoms with Gasteiger partial charge in [0.2, 0.25) is 0 Å². The monoisotopic (exact) mass is 502 g/mol. The fourth-order valence-electron chi connectivity index (χ4n) is 3.90. The Kier molecular flexibility index (Phi) is 9.27. The summed E-state index contributed by atoms with van der Waals surface area (Å²) >= 11 is 0. The highest BCUT2D eigenvalue weighted by atomic mass is 32.2. The van der Waals surface area contributed by atoms with Gasteiger partial charge in [0.05, 0.1) is 15.7 Å². The first-order chi connectivity index (χ1) is 16.5. The number of nitrogens with zero attached hydrogens (tertiary/aromatic N) is 1. The van der Waals surface area contributed by atoms with Crippen molar-refractivity contribution in [3.63, 3.8) is 0 Å². The van der Waals surface area contributed by atoms with Crippen molar-refractivity contribution >= 4 is 11.0 Å². The average Bonchev–Trinajstić information content (AvgIpc) is 2.81. The van der Waals surface area contributed by atoms with E-state index in [9.17, 15) is 17.4 Å². The normalized spacial score (nSPS) is 15.1. The van der Waals surface area contributed by atoms with Crippen molar-refractivity contribution in [2.24, 2.45) is 0 Å². The molecule has 0 spiro atoms. The summed E-state index contributed by atoms with van der Waals surface area (Å²) in [6.45, 7) is 5.65. The molecule has 0 aliphatic rings. The van der Waals surface area contributed by atoms with E-state index >= 15 is 0 Å². The van der Waals surface area contributed by atoms with Crippen LogP contribution in [0.3, 0.4) is 0 Å². The first kappa shape index (κ1) is 27.1. The van der Waals surface area contributed by atoms with Crippen molar-refractivity contribution in [1.29, 1.82) is 0 Å². The van der Waals surface area contributed by atoms with Gasteiger partial charge in [0.25, 0.3) is 0 Å². The van der Waals surface area contributed by atoms with Crippen molar-refractivity contribution in [3.05, 3.63) is 108 Å². The summed E-state index contributed by atoms with van der Waals surface area (Å²) in [5.41, 5.74) is 2.62. The molecule has 3 aromatic carbocycles. The zero-order valence-corrected chi connectivity index (χ0v) is 21.2. The maximum absolute atomic E-state index is 14.6. The lowest BCUT2D eigenvalue weighted by Gasteiger charge is -2.39. The predicted octanol–water partition coefficient (Wildman–Crippen LogP) is 6.28. The first-order valence-electron chi connectivity index (χ1n) is 11.6. The second-order valence-electron chi connectivity index (χ2n) is 9.65. The highest BCUT2D eigenvalue weighted by Crippen LogP contribution is 2.30. The van der Waals surface area contributed by atoms with Gasteiger partial charge in [-0.05, 0) is 43.9 Å². The predicted molar refractivity (Wildman–Crippen MR) is 137 cm³/mol. The van der Waals surface area contributed by atoms with E-state index in [0.717, 1.165) is 16.7 Å². The van der Waals surface area contributed by atoms with E-state index in [4.69, 9.17) is 0 Å². The topological polar surface area (TPSA) is 32.3 Å². The summed E-state index contributed by atoms with van der Waals surface area (Å²) < 4.78 is 58.4. The molecule has 0 aliphatic heterocycles. The van der Waals surface area contributed by atoms with E-state index in [1.54, 1.807) is 20.8 Å². The fraction of sp³-hybridized carbons (Fsp3) is 0.357. The Morgan fingerprint density at radius 1 is 0.743 bits per heavy atom. The van der Waals surface area contributed by atoms with Crippen LogP contribution in [0, 0.1) is 0 Å². The second kappa shape index (κ2) is 12.0. The minimum Gasteiger partial charge on any atom is -0.290 e. The number of hydrogen-bond acceptors (Lipinski definition) is 2. The van der Waals surface area contributed by atoms with Crippen LogP contribution in [0.2, 0.25) is 0 Å². The molecule has 0 aliphatic carbocycles. The van der Waals surface area contributed by atoms with Gasteiger partial charge < -0.3 is 0 Å². The maximum atomic E-state index is 14.6. The van der Waals surface area contributed by atoms with Crippen LogP contribution in [0.1, 0.15) is 37.5 Å². The molecule has 7 heteroatoms. The zero-order valence-electron chi connectivity index (χ0n) is 20.3. The lowest BCUT2D eigenvalue weighted by atomic mass is 9.96. The lowest BCUT2D eigenvalue weighted by molar-refractivity contribution is -0.167. The Hall–Kier alpha value is -2.48. The molecule has 0 saturated carbocycles. The highest BCUT2D eigenvalue weighted by molar-refractivity contribution is 7.84. The summed E-state index contributed by atoms with van der Waals surface area (Å²) in [5, 5.41) is 0. The van der Waals surface area contributed by atoms with Crippen LogP contribution < -0.4 is 4.72 Å². The number of benzene rings is 3. The minimum absolute atomic E-state index is 0.152. The van der Waals surface area contributed by atoms with Gasteiger partial charge in [-0.15, -0.1) is 0 Å².